The van der Waals surface area contributed by atoms with E-state index in [2.05, 4.69) is 5.32 Å². The summed E-state index contributed by atoms with van der Waals surface area (Å²) in [6.07, 6.45) is -4.33. The van der Waals surface area contributed by atoms with Gasteiger partial charge in [0.25, 0.3) is 0 Å². The Balaban J connectivity index is 1.98. The molecule has 0 unspecified atom stereocenters. The molecule has 0 heterocycles. The van der Waals surface area contributed by atoms with Crippen LogP contribution in [0.15, 0.2) is 42.5 Å². The number of ether oxygens (including phenoxy) is 1. The standard InChI is InChI=1S/C17H17ClF3NO/c1-2-22-10-13-5-8-16(15(18)9-13)23-11-12-3-6-14(7-4-12)17(19,20)21/h3-9,22H,2,10-11H2,1H3. The highest BCUT2D eigenvalue weighted by molar-refractivity contribution is 6.32. The summed E-state index contributed by atoms with van der Waals surface area (Å²) in [6, 6.07) is 10.4. The van der Waals surface area contributed by atoms with Crippen LogP contribution in [0.5, 0.6) is 5.75 Å². The Morgan fingerprint density at radius 2 is 1.70 bits per heavy atom. The zero-order valence-corrected chi connectivity index (χ0v) is 13.3. The Labute approximate surface area is 138 Å². The fraction of sp³-hybridized carbons (Fsp3) is 0.294. The van der Waals surface area contributed by atoms with E-state index in [0.29, 0.717) is 16.3 Å². The van der Waals surface area contributed by atoms with E-state index in [1.165, 1.54) is 12.1 Å². The maximum atomic E-state index is 12.5. The van der Waals surface area contributed by atoms with Crippen LogP contribution >= 0.6 is 11.6 Å². The van der Waals surface area contributed by atoms with Crippen molar-refractivity contribution in [1.82, 2.24) is 5.32 Å². The second-order valence-electron chi connectivity index (χ2n) is 5.03. The van der Waals surface area contributed by atoms with Crippen LogP contribution in [0, 0.1) is 0 Å². The van der Waals surface area contributed by atoms with Crippen molar-refractivity contribution in [2.75, 3.05) is 6.54 Å². The first-order valence-corrected chi connectivity index (χ1v) is 7.56. The molecule has 124 valence electrons. The molecule has 0 saturated carbocycles. The summed E-state index contributed by atoms with van der Waals surface area (Å²) < 4.78 is 43.1. The summed E-state index contributed by atoms with van der Waals surface area (Å²) >= 11 is 6.16. The van der Waals surface area contributed by atoms with Gasteiger partial charge < -0.3 is 10.1 Å². The van der Waals surface area contributed by atoms with Crippen molar-refractivity contribution in [3.63, 3.8) is 0 Å². The lowest BCUT2D eigenvalue weighted by Crippen LogP contribution is -2.11. The number of hydrogen-bond acceptors (Lipinski definition) is 2. The number of benzene rings is 2. The van der Waals surface area contributed by atoms with Crippen LogP contribution in [-0.2, 0) is 19.3 Å². The SMILES string of the molecule is CCNCc1ccc(OCc2ccc(C(F)(F)F)cc2)c(Cl)c1. The third-order valence-electron chi connectivity index (χ3n) is 3.25. The lowest BCUT2D eigenvalue weighted by molar-refractivity contribution is -0.137. The van der Waals surface area contributed by atoms with E-state index in [1.54, 1.807) is 6.07 Å². The van der Waals surface area contributed by atoms with E-state index in [9.17, 15) is 13.2 Å². The Bertz CT molecular complexity index is 641. The summed E-state index contributed by atoms with van der Waals surface area (Å²) in [6.45, 7) is 3.76. The molecule has 0 bridgehead atoms. The molecule has 1 N–H and O–H groups in total. The van der Waals surface area contributed by atoms with Gasteiger partial charge in [-0.2, -0.15) is 13.2 Å². The van der Waals surface area contributed by atoms with Crippen LogP contribution in [-0.4, -0.2) is 6.54 Å². The van der Waals surface area contributed by atoms with Crippen molar-refractivity contribution in [2.45, 2.75) is 26.3 Å². The largest absolute Gasteiger partial charge is 0.487 e. The fourth-order valence-corrected chi connectivity index (χ4v) is 2.25. The molecule has 0 radical (unpaired) electrons. The van der Waals surface area contributed by atoms with Gasteiger partial charge in [0.15, 0.2) is 0 Å². The molecule has 0 aliphatic heterocycles. The second kappa shape index (κ2) is 7.70. The number of hydrogen-bond donors (Lipinski definition) is 1. The van der Waals surface area contributed by atoms with Gasteiger partial charge in [0.05, 0.1) is 10.6 Å². The van der Waals surface area contributed by atoms with Crippen LogP contribution in [0.4, 0.5) is 13.2 Å². The molecule has 6 heteroatoms. The smallest absolute Gasteiger partial charge is 0.416 e. The quantitative estimate of drug-likeness (QED) is 0.792. The zero-order valence-electron chi connectivity index (χ0n) is 12.6. The first kappa shape index (κ1) is 17.6. The molecule has 2 aromatic rings. The highest BCUT2D eigenvalue weighted by Gasteiger charge is 2.29. The van der Waals surface area contributed by atoms with Gasteiger partial charge in [-0.1, -0.05) is 36.7 Å². The number of halogens is 4. The Morgan fingerprint density at radius 3 is 2.26 bits per heavy atom. The van der Waals surface area contributed by atoms with Crippen molar-refractivity contribution in [3.05, 3.63) is 64.2 Å². The molecule has 0 aliphatic rings. The molecule has 0 atom stereocenters. The Hall–Kier alpha value is -1.72. The molecule has 0 fully saturated rings. The molecule has 2 aromatic carbocycles. The van der Waals surface area contributed by atoms with Gasteiger partial charge >= 0.3 is 6.18 Å². The number of alkyl halides is 3. The van der Waals surface area contributed by atoms with Gasteiger partial charge in [0.2, 0.25) is 0 Å². The molecule has 0 spiro atoms. The van der Waals surface area contributed by atoms with Gasteiger partial charge in [-0.15, -0.1) is 0 Å². The average molecular weight is 344 g/mol. The molecule has 0 aromatic heterocycles. The molecule has 0 amide bonds. The predicted molar refractivity (Wildman–Crippen MR) is 84.6 cm³/mol. The second-order valence-corrected chi connectivity index (χ2v) is 5.44. The van der Waals surface area contributed by atoms with Crippen molar-refractivity contribution in [3.8, 4) is 5.75 Å². The fourth-order valence-electron chi connectivity index (χ4n) is 1.99. The van der Waals surface area contributed by atoms with Crippen molar-refractivity contribution >= 4 is 11.6 Å². The Morgan fingerprint density at radius 1 is 1.04 bits per heavy atom. The maximum Gasteiger partial charge on any atom is 0.416 e. The minimum absolute atomic E-state index is 0.157. The molecule has 2 nitrogen and oxygen atoms in total. The lowest BCUT2D eigenvalue weighted by atomic mass is 10.1. The summed E-state index contributed by atoms with van der Waals surface area (Å²) in [4.78, 5) is 0. The Kier molecular flexibility index (Phi) is 5.91. The van der Waals surface area contributed by atoms with E-state index in [4.69, 9.17) is 16.3 Å². The monoisotopic (exact) mass is 343 g/mol. The highest BCUT2D eigenvalue weighted by atomic mass is 35.5. The van der Waals surface area contributed by atoms with Crippen LogP contribution in [0.3, 0.4) is 0 Å². The van der Waals surface area contributed by atoms with Gasteiger partial charge in [0, 0.05) is 6.54 Å². The van der Waals surface area contributed by atoms with Gasteiger partial charge in [-0.3, -0.25) is 0 Å². The number of nitrogens with one attached hydrogen (secondary N) is 1. The van der Waals surface area contributed by atoms with Crippen LogP contribution in [0.25, 0.3) is 0 Å². The van der Waals surface area contributed by atoms with Gasteiger partial charge in [-0.25, -0.2) is 0 Å². The maximum absolute atomic E-state index is 12.5. The molecular weight excluding hydrogens is 327 g/mol. The van der Waals surface area contributed by atoms with E-state index < -0.39 is 11.7 Å². The first-order valence-electron chi connectivity index (χ1n) is 7.18. The minimum Gasteiger partial charge on any atom is -0.487 e. The lowest BCUT2D eigenvalue weighted by Gasteiger charge is -2.11. The highest BCUT2D eigenvalue weighted by Crippen LogP contribution is 2.30. The van der Waals surface area contributed by atoms with Crippen LogP contribution in [0.2, 0.25) is 5.02 Å². The van der Waals surface area contributed by atoms with Crippen molar-refractivity contribution in [1.29, 1.82) is 0 Å². The molecule has 0 aliphatic carbocycles. The zero-order chi connectivity index (χ0) is 16.9. The third-order valence-corrected chi connectivity index (χ3v) is 3.55. The summed E-state index contributed by atoms with van der Waals surface area (Å²) in [5, 5.41) is 3.67. The van der Waals surface area contributed by atoms with Crippen LogP contribution < -0.4 is 10.1 Å². The molecular formula is C17H17ClF3NO. The average Bonchev–Trinajstić information content (AvgIpc) is 2.51. The van der Waals surface area contributed by atoms with E-state index in [1.807, 2.05) is 19.1 Å². The molecule has 0 saturated heterocycles. The summed E-state index contributed by atoms with van der Waals surface area (Å²) in [7, 11) is 0. The van der Waals surface area contributed by atoms with Gasteiger partial charge in [-0.05, 0) is 41.9 Å². The number of rotatable bonds is 6. The van der Waals surface area contributed by atoms with E-state index >= 15 is 0 Å². The first-order chi connectivity index (χ1) is 10.9. The van der Waals surface area contributed by atoms with Crippen molar-refractivity contribution < 1.29 is 17.9 Å². The normalized spacial score (nSPS) is 11.5. The molecule has 23 heavy (non-hydrogen) atoms. The minimum atomic E-state index is -4.33. The third kappa shape index (κ3) is 5.15. The summed E-state index contributed by atoms with van der Waals surface area (Å²) in [5.74, 6) is 0.506. The predicted octanol–water partition coefficient (Wildman–Crippen LogP) is 5.05. The van der Waals surface area contributed by atoms with Gasteiger partial charge in [0.1, 0.15) is 12.4 Å². The molecule has 2 rings (SSSR count). The van der Waals surface area contributed by atoms with E-state index in [-0.39, 0.29) is 6.61 Å². The summed E-state index contributed by atoms with van der Waals surface area (Å²) in [5.41, 5.74) is 1.01. The topological polar surface area (TPSA) is 21.3 Å². The van der Waals surface area contributed by atoms with E-state index in [0.717, 1.165) is 30.8 Å². The van der Waals surface area contributed by atoms with Crippen LogP contribution in [0.1, 0.15) is 23.6 Å². The van der Waals surface area contributed by atoms with Crippen molar-refractivity contribution in [2.24, 2.45) is 0 Å².